The molecule has 16 heavy (non-hydrogen) atoms. The van der Waals surface area contributed by atoms with Crippen LogP contribution in [0.4, 0.5) is 0 Å². The quantitative estimate of drug-likeness (QED) is 0.692. The van der Waals surface area contributed by atoms with E-state index < -0.39 is 0 Å². The van der Waals surface area contributed by atoms with Crippen LogP contribution in [0.5, 0.6) is 0 Å². The number of aliphatic imine (C=N–C) groups is 2. The van der Waals surface area contributed by atoms with Gasteiger partial charge in [-0.25, -0.2) is 0 Å². The molecule has 86 valence electrons. The number of nitrogens with two attached hydrogens (primary N) is 1. The third-order valence-electron chi connectivity index (χ3n) is 2.17. The first-order chi connectivity index (χ1) is 7.77. The van der Waals surface area contributed by atoms with Gasteiger partial charge in [-0.05, 0) is 25.1 Å². The molecule has 0 aromatic rings. The second kappa shape index (κ2) is 6.74. The molecule has 0 fully saturated rings. The summed E-state index contributed by atoms with van der Waals surface area (Å²) in [7, 11) is 0. The van der Waals surface area contributed by atoms with Gasteiger partial charge in [-0.2, -0.15) is 0 Å². The second-order valence-electron chi connectivity index (χ2n) is 3.40. The molecule has 0 atom stereocenters. The van der Waals surface area contributed by atoms with Crippen molar-refractivity contribution in [2.24, 2.45) is 15.7 Å². The molecule has 1 heterocycles. The zero-order chi connectivity index (χ0) is 11.8. The van der Waals surface area contributed by atoms with Crippen LogP contribution in [0.2, 0.25) is 0 Å². The lowest BCUT2D eigenvalue weighted by atomic mass is 10.2. The summed E-state index contributed by atoms with van der Waals surface area (Å²) >= 11 is 0. The fourth-order valence-electron chi connectivity index (χ4n) is 1.39. The van der Waals surface area contributed by atoms with Crippen molar-refractivity contribution < 1.29 is 0 Å². The standard InChI is InChI=1S/C12H18N4/c1-3-12(15-4-2)11(13)8-10-9-14-6-5-7-16-10/h3-4,8,14H,1-2,5-7,9,13H2/b11-8-,15-12?. The first kappa shape index (κ1) is 12.4. The molecule has 1 aliphatic rings. The van der Waals surface area contributed by atoms with Gasteiger partial charge in [0.25, 0.3) is 0 Å². The smallest absolute Gasteiger partial charge is 0.0853 e. The third kappa shape index (κ3) is 3.82. The molecule has 0 amide bonds. The van der Waals surface area contributed by atoms with Crippen LogP contribution in [-0.2, 0) is 0 Å². The minimum absolute atomic E-state index is 0.567. The summed E-state index contributed by atoms with van der Waals surface area (Å²) in [6, 6.07) is 0. The summed E-state index contributed by atoms with van der Waals surface area (Å²) < 4.78 is 0. The maximum Gasteiger partial charge on any atom is 0.0853 e. The highest BCUT2D eigenvalue weighted by Gasteiger charge is 2.03. The van der Waals surface area contributed by atoms with Gasteiger partial charge >= 0.3 is 0 Å². The van der Waals surface area contributed by atoms with E-state index in [2.05, 4.69) is 28.5 Å². The fraction of sp³-hybridized carbons (Fsp3) is 0.333. The topological polar surface area (TPSA) is 62.8 Å². The van der Waals surface area contributed by atoms with Gasteiger partial charge in [0.15, 0.2) is 0 Å². The van der Waals surface area contributed by atoms with Crippen molar-refractivity contribution in [3.63, 3.8) is 0 Å². The number of rotatable bonds is 4. The molecule has 0 saturated carbocycles. The predicted octanol–water partition coefficient (Wildman–Crippen LogP) is 1.03. The first-order valence-electron chi connectivity index (χ1n) is 5.30. The van der Waals surface area contributed by atoms with E-state index in [1.165, 1.54) is 6.20 Å². The summed E-state index contributed by atoms with van der Waals surface area (Å²) in [4.78, 5) is 8.45. The van der Waals surface area contributed by atoms with Gasteiger partial charge in [0.2, 0.25) is 0 Å². The van der Waals surface area contributed by atoms with E-state index in [0.717, 1.165) is 31.8 Å². The summed E-state index contributed by atoms with van der Waals surface area (Å²) in [6.07, 6.45) is 5.96. The SMILES string of the molecule is C=CN=C(C=C)/C(N)=C/C1=NCCCNC1. The Labute approximate surface area is 96.4 Å². The molecule has 0 aromatic carbocycles. The predicted molar refractivity (Wildman–Crippen MR) is 69.9 cm³/mol. The molecule has 0 aliphatic carbocycles. The molecule has 0 unspecified atom stereocenters. The molecule has 1 rings (SSSR count). The van der Waals surface area contributed by atoms with Gasteiger partial charge in [0.1, 0.15) is 0 Å². The lowest BCUT2D eigenvalue weighted by molar-refractivity contribution is 0.735. The Balaban J connectivity index is 2.81. The van der Waals surface area contributed by atoms with Crippen LogP contribution in [0.3, 0.4) is 0 Å². The maximum absolute atomic E-state index is 5.90. The van der Waals surface area contributed by atoms with E-state index in [-0.39, 0.29) is 0 Å². The molecule has 0 aromatic heterocycles. The highest BCUT2D eigenvalue weighted by molar-refractivity contribution is 6.12. The molecular formula is C12H18N4. The Morgan fingerprint density at radius 3 is 3.00 bits per heavy atom. The Hall–Kier alpha value is -1.68. The summed E-state index contributed by atoms with van der Waals surface area (Å²) in [5.74, 6) is 0. The fourth-order valence-corrected chi connectivity index (χ4v) is 1.39. The highest BCUT2D eigenvalue weighted by Crippen LogP contribution is 1.97. The molecule has 1 aliphatic heterocycles. The van der Waals surface area contributed by atoms with Gasteiger partial charge in [0.05, 0.1) is 17.1 Å². The molecular weight excluding hydrogens is 200 g/mol. The Morgan fingerprint density at radius 1 is 1.50 bits per heavy atom. The lowest BCUT2D eigenvalue weighted by Crippen LogP contribution is -2.22. The van der Waals surface area contributed by atoms with Gasteiger partial charge in [-0.15, -0.1) is 0 Å². The van der Waals surface area contributed by atoms with Gasteiger partial charge in [-0.3, -0.25) is 9.98 Å². The number of hydrogen-bond donors (Lipinski definition) is 2. The first-order valence-corrected chi connectivity index (χ1v) is 5.30. The van der Waals surface area contributed by atoms with Crippen molar-refractivity contribution in [1.82, 2.24) is 5.32 Å². The largest absolute Gasteiger partial charge is 0.397 e. The minimum atomic E-state index is 0.567. The Bertz CT molecular complexity index is 350. The number of hydrogen-bond acceptors (Lipinski definition) is 4. The van der Waals surface area contributed by atoms with Crippen molar-refractivity contribution in [1.29, 1.82) is 0 Å². The van der Waals surface area contributed by atoms with E-state index in [1.54, 1.807) is 6.08 Å². The number of nitrogens with one attached hydrogen (secondary N) is 1. The molecule has 4 heteroatoms. The average molecular weight is 218 g/mol. The van der Waals surface area contributed by atoms with Gasteiger partial charge in [0, 0.05) is 19.3 Å². The average Bonchev–Trinajstić information content (AvgIpc) is 2.54. The maximum atomic E-state index is 5.90. The molecule has 0 bridgehead atoms. The second-order valence-corrected chi connectivity index (χ2v) is 3.40. The highest BCUT2D eigenvalue weighted by atomic mass is 14.9. The summed E-state index contributed by atoms with van der Waals surface area (Å²) in [6.45, 7) is 9.78. The van der Waals surface area contributed by atoms with Crippen molar-refractivity contribution in [3.8, 4) is 0 Å². The zero-order valence-corrected chi connectivity index (χ0v) is 9.45. The normalized spacial score (nSPS) is 18.6. The summed E-state index contributed by atoms with van der Waals surface area (Å²) in [5.41, 5.74) is 8.05. The van der Waals surface area contributed by atoms with Gasteiger partial charge < -0.3 is 11.1 Å². The molecule has 0 spiro atoms. The minimum Gasteiger partial charge on any atom is -0.397 e. The zero-order valence-electron chi connectivity index (χ0n) is 9.45. The third-order valence-corrected chi connectivity index (χ3v) is 2.17. The molecule has 4 nitrogen and oxygen atoms in total. The van der Waals surface area contributed by atoms with Crippen molar-refractivity contribution in [3.05, 3.63) is 37.2 Å². The molecule has 3 N–H and O–H groups in total. The summed E-state index contributed by atoms with van der Waals surface area (Å²) in [5, 5.41) is 3.27. The van der Waals surface area contributed by atoms with E-state index in [0.29, 0.717) is 11.4 Å². The molecule has 0 radical (unpaired) electrons. The monoisotopic (exact) mass is 218 g/mol. The van der Waals surface area contributed by atoms with Crippen LogP contribution < -0.4 is 11.1 Å². The van der Waals surface area contributed by atoms with Crippen LogP contribution in [0.15, 0.2) is 47.2 Å². The van der Waals surface area contributed by atoms with E-state index in [1.807, 2.05) is 6.08 Å². The van der Waals surface area contributed by atoms with Crippen molar-refractivity contribution in [2.45, 2.75) is 6.42 Å². The molecule has 0 saturated heterocycles. The van der Waals surface area contributed by atoms with Crippen LogP contribution in [0.1, 0.15) is 6.42 Å². The van der Waals surface area contributed by atoms with E-state index >= 15 is 0 Å². The number of allylic oxidation sites excluding steroid dienone is 1. The van der Waals surface area contributed by atoms with E-state index in [9.17, 15) is 0 Å². The van der Waals surface area contributed by atoms with Crippen molar-refractivity contribution in [2.75, 3.05) is 19.6 Å². The lowest BCUT2D eigenvalue weighted by Gasteiger charge is -2.03. The van der Waals surface area contributed by atoms with Crippen LogP contribution in [0.25, 0.3) is 0 Å². The van der Waals surface area contributed by atoms with E-state index in [4.69, 9.17) is 5.73 Å². The Morgan fingerprint density at radius 2 is 2.31 bits per heavy atom. The number of nitrogens with zero attached hydrogens (tertiary/aromatic N) is 2. The van der Waals surface area contributed by atoms with Crippen LogP contribution in [0, 0.1) is 0 Å². The van der Waals surface area contributed by atoms with Gasteiger partial charge in [-0.1, -0.05) is 13.2 Å². The van der Waals surface area contributed by atoms with Crippen molar-refractivity contribution >= 4 is 11.4 Å². The van der Waals surface area contributed by atoms with Crippen LogP contribution in [-0.4, -0.2) is 31.1 Å². The van der Waals surface area contributed by atoms with Crippen LogP contribution >= 0.6 is 0 Å². The Kier molecular flexibility index (Phi) is 5.22.